The van der Waals surface area contributed by atoms with Crippen LogP contribution in [0.3, 0.4) is 0 Å². The lowest BCUT2D eigenvalue weighted by Gasteiger charge is -2.38. The van der Waals surface area contributed by atoms with E-state index in [4.69, 9.17) is 9.47 Å². The van der Waals surface area contributed by atoms with Gasteiger partial charge in [-0.1, -0.05) is 0 Å². The molecule has 2 amide bonds. The quantitative estimate of drug-likeness (QED) is 0.720. The van der Waals surface area contributed by atoms with E-state index in [-0.39, 0.29) is 18.4 Å². The molecular weight excluding hydrogens is 420 g/mol. The molecule has 8 heteroatoms. The zero-order valence-corrected chi connectivity index (χ0v) is 19.6. The molecule has 0 atom stereocenters. The van der Waals surface area contributed by atoms with Crippen LogP contribution in [0, 0.1) is 0 Å². The van der Waals surface area contributed by atoms with E-state index in [1.165, 1.54) is 11.3 Å². The molecule has 2 aromatic carbocycles. The van der Waals surface area contributed by atoms with E-state index in [0.717, 1.165) is 43.9 Å². The van der Waals surface area contributed by atoms with E-state index in [1.54, 1.807) is 38.5 Å². The number of piperazine rings is 1. The molecule has 0 aliphatic carbocycles. The van der Waals surface area contributed by atoms with Crippen molar-refractivity contribution in [2.75, 3.05) is 65.4 Å². The van der Waals surface area contributed by atoms with Crippen molar-refractivity contribution < 1.29 is 19.1 Å². The molecule has 33 heavy (non-hydrogen) atoms. The van der Waals surface area contributed by atoms with E-state index in [2.05, 4.69) is 28.2 Å². The zero-order chi connectivity index (χ0) is 23.4. The van der Waals surface area contributed by atoms with Gasteiger partial charge >= 0.3 is 0 Å². The summed E-state index contributed by atoms with van der Waals surface area (Å²) in [5, 5.41) is 2.75. The molecular formula is C25H32N4O4. The Kier molecular flexibility index (Phi) is 7.03. The average molecular weight is 453 g/mol. The van der Waals surface area contributed by atoms with Crippen molar-refractivity contribution in [3.05, 3.63) is 53.1 Å². The van der Waals surface area contributed by atoms with Crippen molar-refractivity contribution in [3.63, 3.8) is 0 Å². The highest BCUT2D eigenvalue weighted by atomic mass is 16.5. The number of ether oxygens (including phenoxy) is 2. The first-order valence-electron chi connectivity index (χ1n) is 11.3. The number of hydrogen-bond donors (Lipinski definition) is 1. The first kappa shape index (κ1) is 22.9. The van der Waals surface area contributed by atoms with Crippen molar-refractivity contribution in [2.45, 2.75) is 13.0 Å². The standard InChI is InChI=1S/C25H32N4O4/c1-27-12-14-28(15-13-27)22-8-9-23(33-3)20-10-11-29(17-21(20)22)24(30)16-26-25(31)18-4-6-19(32-2)7-5-18/h4-9H,10-17H2,1-3H3,(H,26,31). The second kappa shape index (κ2) is 10.1. The predicted molar refractivity (Wildman–Crippen MR) is 127 cm³/mol. The molecule has 2 aliphatic heterocycles. The summed E-state index contributed by atoms with van der Waals surface area (Å²) in [6.45, 7) is 5.04. The molecule has 1 saturated heterocycles. The van der Waals surface area contributed by atoms with Gasteiger partial charge in [-0.25, -0.2) is 0 Å². The molecule has 0 unspecified atom stereocenters. The number of nitrogens with one attached hydrogen (secondary N) is 1. The van der Waals surface area contributed by atoms with E-state index in [9.17, 15) is 9.59 Å². The van der Waals surface area contributed by atoms with Gasteiger partial charge < -0.3 is 29.5 Å². The molecule has 0 spiro atoms. The molecule has 0 saturated carbocycles. The topological polar surface area (TPSA) is 74.3 Å². The number of amides is 2. The molecule has 4 rings (SSSR count). The number of likely N-dealkylation sites (N-methyl/N-ethyl adjacent to an activating group) is 1. The largest absolute Gasteiger partial charge is 0.497 e. The number of nitrogens with zero attached hydrogens (tertiary/aromatic N) is 3. The lowest BCUT2D eigenvalue weighted by atomic mass is 9.95. The minimum Gasteiger partial charge on any atom is -0.497 e. The van der Waals surface area contributed by atoms with Gasteiger partial charge in [0.15, 0.2) is 0 Å². The second-order valence-electron chi connectivity index (χ2n) is 8.51. The van der Waals surface area contributed by atoms with Gasteiger partial charge in [0.25, 0.3) is 5.91 Å². The molecule has 0 radical (unpaired) electrons. The van der Waals surface area contributed by atoms with Gasteiger partial charge in [-0.3, -0.25) is 9.59 Å². The van der Waals surface area contributed by atoms with Crippen molar-refractivity contribution in [1.82, 2.24) is 15.1 Å². The molecule has 0 bridgehead atoms. The highest BCUT2D eigenvalue weighted by molar-refractivity contribution is 5.96. The maximum absolute atomic E-state index is 13.0. The molecule has 8 nitrogen and oxygen atoms in total. The summed E-state index contributed by atoms with van der Waals surface area (Å²) in [5.41, 5.74) is 4.01. The van der Waals surface area contributed by atoms with Crippen LogP contribution in [0.4, 0.5) is 5.69 Å². The lowest BCUT2D eigenvalue weighted by Crippen LogP contribution is -2.46. The third-order valence-electron chi connectivity index (χ3n) is 6.51. The zero-order valence-electron chi connectivity index (χ0n) is 19.6. The van der Waals surface area contributed by atoms with Gasteiger partial charge in [0.05, 0.1) is 20.8 Å². The van der Waals surface area contributed by atoms with Crippen LogP contribution < -0.4 is 19.7 Å². The number of fused-ring (bicyclic) bond motifs is 1. The molecule has 1 N–H and O–H groups in total. The SMILES string of the molecule is COc1ccc(C(=O)NCC(=O)N2CCc3c(OC)ccc(N4CCN(C)CC4)c3C2)cc1. The fourth-order valence-corrected chi connectivity index (χ4v) is 4.49. The minimum absolute atomic E-state index is 0.0337. The maximum atomic E-state index is 13.0. The Hall–Kier alpha value is -3.26. The van der Waals surface area contributed by atoms with Crippen molar-refractivity contribution in [3.8, 4) is 11.5 Å². The summed E-state index contributed by atoms with van der Waals surface area (Å²) >= 11 is 0. The van der Waals surface area contributed by atoms with Crippen LogP contribution in [0.5, 0.6) is 11.5 Å². The fraction of sp³-hybridized carbons (Fsp3) is 0.440. The number of carbonyl (C=O) groups is 2. The van der Waals surface area contributed by atoms with E-state index in [0.29, 0.717) is 24.4 Å². The van der Waals surface area contributed by atoms with Crippen molar-refractivity contribution in [1.29, 1.82) is 0 Å². The number of hydrogen-bond acceptors (Lipinski definition) is 6. The Morgan fingerprint density at radius 1 is 0.909 bits per heavy atom. The van der Waals surface area contributed by atoms with Crippen LogP contribution in [0.2, 0.25) is 0 Å². The third-order valence-corrected chi connectivity index (χ3v) is 6.51. The third kappa shape index (κ3) is 5.06. The van der Waals surface area contributed by atoms with Gasteiger partial charge in [0, 0.05) is 61.6 Å². The second-order valence-corrected chi connectivity index (χ2v) is 8.51. The van der Waals surface area contributed by atoms with E-state index < -0.39 is 0 Å². The van der Waals surface area contributed by atoms with Crippen LogP contribution in [0.15, 0.2) is 36.4 Å². The summed E-state index contributed by atoms with van der Waals surface area (Å²) in [5.74, 6) is 1.20. The number of methoxy groups -OCH3 is 2. The summed E-state index contributed by atoms with van der Waals surface area (Å²) < 4.78 is 10.7. The van der Waals surface area contributed by atoms with Crippen LogP contribution in [-0.4, -0.2) is 82.1 Å². The van der Waals surface area contributed by atoms with Crippen molar-refractivity contribution in [2.24, 2.45) is 0 Å². The Labute approximate surface area is 195 Å². The average Bonchev–Trinajstić information content (AvgIpc) is 2.86. The van der Waals surface area contributed by atoms with Crippen LogP contribution in [-0.2, 0) is 17.8 Å². The van der Waals surface area contributed by atoms with E-state index in [1.807, 2.05) is 11.0 Å². The summed E-state index contributed by atoms with van der Waals surface area (Å²) in [4.78, 5) is 32.0. The van der Waals surface area contributed by atoms with Crippen LogP contribution in [0.25, 0.3) is 0 Å². The fourth-order valence-electron chi connectivity index (χ4n) is 4.49. The summed E-state index contributed by atoms with van der Waals surface area (Å²) in [6.07, 6.45) is 0.734. The van der Waals surface area contributed by atoms with Gasteiger partial charge in [-0.2, -0.15) is 0 Å². The highest BCUT2D eigenvalue weighted by Gasteiger charge is 2.28. The number of anilines is 1. The van der Waals surface area contributed by atoms with Gasteiger partial charge in [0.1, 0.15) is 11.5 Å². The Balaban J connectivity index is 1.44. The molecule has 2 heterocycles. The van der Waals surface area contributed by atoms with Gasteiger partial charge in [-0.15, -0.1) is 0 Å². The number of carbonyl (C=O) groups excluding carboxylic acids is 2. The lowest BCUT2D eigenvalue weighted by molar-refractivity contribution is -0.131. The Morgan fingerprint density at radius 2 is 1.64 bits per heavy atom. The van der Waals surface area contributed by atoms with Gasteiger partial charge in [0.2, 0.25) is 5.91 Å². The Morgan fingerprint density at radius 3 is 2.30 bits per heavy atom. The maximum Gasteiger partial charge on any atom is 0.251 e. The van der Waals surface area contributed by atoms with Gasteiger partial charge in [-0.05, 0) is 49.9 Å². The molecule has 2 aliphatic rings. The summed E-state index contributed by atoms with van der Waals surface area (Å²) in [6, 6.07) is 11.0. The predicted octanol–water partition coefficient (Wildman–Crippen LogP) is 1.77. The number of rotatable bonds is 6. The van der Waals surface area contributed by atoms with Crippen LogP contribution in [0.1, 0.15) is 21.5 Å². The molecule has 2 aromatic rings. The monoisotopic (exact) mass is 452 g/mol. The van der Waals surface area contributed by atoms with E-state index >= 15 is 0 Å². The normalized spacial score (nSPS) is 16.2. The molecule has 1 fully saturated rings. The molecule has 0 aromatic heterocycles. The molecule has 176 valence electrons. The number of benzene rings is 2. The first-order valence-corrected chi connectivity index (χ1v) is 11.3. The smallest absolute Gasteiger partial charge is 0.251 e. The first-order chi connectivity index (χ1) is 16.0. The Bertz CT molecular complexity index is 1000. The van der Waals surface area contributed by atoms with Crippen LogP contribution >= 0.6 is 0 Å². The minimum atomic E-state index is -0.275. The summed E-state index contributed by atoms with van der Waals surface area (Å²) in [7, 11) is 5.41. The highest BCUT2D eigenvalue weighted by Crippen LogP contribution is 2.35. The van der Waals surface area contributed by atoms with Crippen molar-refractivity contribution >= 4 is 17.5 Å².